The average Bonchev–Trinajstić information content (AvgIpc) is 2.23. The van der Waals surface area contributed by atoms with E-state index in [-0.39, 0.29) is 11.6 Å². The maximum atomic E-state index is 13.4. The Morgan fingerprint density at radius 1 is 1.44 bits per heavy atom. The zero-order valence-electron chi connectivity index (χ0n) is 9.93. The van der Waals surface area contributed by atoms with E-state index in [0.717, 1.165) is 0 Å². The third kappa shape index (κ3) is 2.58. The minimum absolute atomic E-state index is 0.206. The second kappa shape index (κ2) is 4.61. The number of para-hydroxylation sites is 1. The molecule has 0 aromatic heterocycles. The van der Waals surface area contributed by atoms with Crippen molar-refractivity contribution in [2.24, 2.45) is 0 Å². The highest BCUT2D eigenvalue weighted by molar-refractivity contribution is 5.97. The van der Waals surface area contributed by atoms with Crippen LogP contribution in [0, 0.1) is 12.7 Å². The van der Waals surface area contributed by atoms with Gasteiger partial charge in [-0.25, -0.2) is 4.39 Å². The first-order valence-electron chi connectivity index (χ1n) is 5.00. The molecule has 88 valence electrons. The normalized spacial score (nSPS) is 11.3. The Bertz CT molecular complexity index is 382. The summed E-state index contributed by atoms with van der Waals surface area (Å²) in [6.07, 6.45) is 0. The number of carbonyl (C=O) groups excluding carboxylic acids is 1. The van der Waals surface area contributed by atoms with E-state index in [4.69, 9.17) is 4.74 Å². The quantitative estimate of drug-likeness (QED) is 0.858. The molecule has 0 unspecified atom stereocenters. The van der Waals surface area contributed by atoms with Gasteiger partial charge in [-0.05, 0) is 32.4 Å². The molecule has 0 fully saturated rings. The van der Waals surface area contributed by atoms with Crippen LogP contribution in [0.3, 0.4) is 0 Å². The Hall–Kier alpha value is -1.42. The molecular formula is C12H16FNO2. The third-order valence-electron chi connectivity index (χ3n) is 2.52. The van der Waals surface area contributed by atoms with E-state index < -0.39 is 11.4 Å². The fourth-order valence-corrected chi connectivity index (χ4v) is 1.15. The number of nitrogens with one attached hydrogen (secondary N) is 1. The van der Waals surface area contributed by atoms with Crippen LogP contribution in [0.25, 0.3) is 0 Å². The summed E-state index contributed by atoms with van der Waals surface area (Å²) in [6.45, 7) is 4.98. The van der Waals surface area contributed by atoms with Crippen molar-refractivity contribution in [3.05, 3.63) is 29.6 Å². The highest BCUT2D eigenvalue weighted by Crippen LogP contribution is 2.20. The SMILES string of the molecule is COC(C)(C)C(=O)Nc1c(C)cccc1F. The fraction of sp³-hybridized carbons (Fsp3) is 0.417. The smallest absolute Gasteiger partial charge is 0.256 e. The second-order valence-electron chi connectivity index (χ2n) is 4.10. The average molecular weight is 225 g/mol. The number of rotatable bonds is 3. The van der Waals surface area contributed by atoms with Gasteiger partial charge in [-0.1, -0.05) is 12.1 Å². The number of carbonyl (C=O) groups is 1. The number of amides is 1. The first kappa shape index (κ1) is 12.6. The topological polar surface area (TPSA) is 38.3 Å². The largest absolute Gasteiger partial charge is 0.369 e. The molecule has 3 nitrogen and oxygen atoms in total. The Morgan fingerprint density at radius 2 is 2.06 bits per heavy atom. The minimum Gasteiger partial charge on any atom is -0.369 e. The van der Waals surface area contributed by atoms with E-state index >= 15 is 0 Å². The number of aryl methyl sites for hydroxylation is 1. The molecule has 1 aromatic rings. The van der Waals surface area contributed by atoms with Crippen molar-refractivity contribution < 1.29 is 13.9 Å². The maximum absolute atomic E-state index is 13.4. The van der Waals surface area contributed by atoms with Gasteiger partial charge in [0.05, 0.1) is 5.69 Å². The van der Waals surface area contributed by atoms with Crippen molar-refractivity contribution in [1.82, 2.24) is 0 Å². The molecule has 16 heavy (non-hydrogen) atoms. The second-order valence-corrected chi connectivity index (χ2v) is 4.10. The molecule has 0 aliphatic heterocycles. The molecule has 0 aliphatic rings. The third-order valence-corrected chi connectivity index (χ3v) is 2.52. The van der Waals surface area contributed by atoms with Crippen LogP contribution in [0.1, 0.15) is 19.4 Å². The van der Waals surface area contributed by atoms with Gasteiger partial charge < -0.3 is 10.1 Å². The van der Waals surface area contributed by atoms with Crippen LogP contribution in [0.5, 0.6) is 0 Å². The zero-order valence-corrected chi connectivity index (χ0v) is 9.93. The Balaban J connectivity index is 2.94. The summed E-state index contributed by atoms with van der Waals surface area (Å²) in [5, 5.41) is 2.53. The lowest BCUT2D eigenvalue weighted by atomic mass is 10.1. The van der Waals surface area contributed by atoms with Crippen LogP contribution < -0.4 is 5.32 Å². The molecule has 0 saturated heterocycles. The van der Waals surface area contributed by atoms with Crippen LogP contribution in [0.2, 0.25) is 0 Å². The standard InChI is InChI=1S/C12H16FNO2/c1-8-6-5-7-9(13)10(8)14-11(15)12(2,3)16-4/h5-7H,1-4H3,(H,14,15). The molecule has 1 rings (SSSR count). The summed E-state index contributed by atoms with van der Waals surface area (Å²) < 4.78 is 18.5. The monoisotopic (exact) mass is 225 g/mol. The van der Waals surface area contributed by atoms with Crippen molar-refractivity contribution in [3.63, 3.8) is 0 Å². The molecule has 0 heterocycles. The number of hydrogen-bond donors (Lipinski definition) is 1. The van der Waals surface area contributed by atoms with Gasteiger partial charge in [0.25, 0.3) is 5.91 Å². The molecule has 1 amide bonds. The number of hydrogen-bond acceptors (Lipinski definition) is 2. The van der Waals surface area contributed by atoms with E-state index in [2.05, 4.69) is 5.32 Å². The Labute approximate surface area is 94.6 Å². The predicted molar refractivity (Wildman–Crippen MR) is 60.9 cm³/mol. The van der Waals surface area contributed by atoms with Gasteiger partial charge in [-0.15, -0.1) is 0 Å². The van der Waals surface area contributed by atoms with Gasteiger partial charge in [0, 0.05) is 7.11 Å². The summed E-state index contributed by atoms with van der Waals surface area (Å²) >= 11 is 0. The number of anilines is 1. The fourth-order valence-electron chi connectivity index (χ4n) is 1.15. The van der Waals surface area contributed by atoms with E-state index in [9.17, 15) is 9.18 Å². The van der Waals surface area contributed by atoms with Crippen molar-refractivity contribution in [3.8, 4) is 0 Å². The first-order chi connectivity index (χ1) is 7.38. The summed E-state index contributed by atoms with van der Waals surface area (Å²) in [6, 6.07) is 4.64. The molecule has 0 spiro atoms. The zero-order chi connectivity index (χ0) is 12.3. The maximum Gasteiger partial charge on any atom is 0.256 e. The molecule has 0 bridgehead atoms. The molecule has 1 aromatic carbocycles. The van der Waals surface area contributed by atoms with E-state index in [1.54, 1.807) is 32.9 Å². The number of benzene rings is 1. The molecule has 0 saturated carbocycles. The van der Waals surface area contributed by atoms with Gasteiger partial charge in [-0.2, -0.15) is 0 Å². The van der Waals surface area contributed by atoms with E-state index in [1.165, 1.54) is 13.2 Å². The van der Waals surface area contributed by atoms with Crippen molar-refractivity contribution in [1.29, 1.82) is 0 Å². The van der Waals surface area contributed by atoms with Gasteiger partial charge in [0.15, 0.2) is 0 Å². The number of ether oxygens (including phenoxy) is 1. The highest BCUT2D eigenvalue weighted by Gasteiger charge is 2.27. The number of halogens is 1. The van der Waals surface area contributed by atoms with Crippen LogP contribution >= 0.6 is 0 Å². The van der Waals surface area contributed by atoms with Gasteiger partial charge >= 0.3 is 0 Å². The summed E-state index contributed by atoms with van der Waals surface area (Å²) in [4.78, 5) is 11.8. The number of methoxy groups -OCH3 is 1. The molecule has 1 N–H and O–H groups in total. The summed E-state index contributed by atoms with van der Waals surface area (Å²) in [5.41, 5.74) is -0.0905. The molecule has 0 aliphatic carbocycles. The first-order valence-corrected chi connectivity index (χ1v) is 5.00. The lowest BCUT2D eigenvalue weighted by Gasteiger charge is -2.22. The molecular weight excluding hydrogens is 209 g/mol. The van der Waals surface area contributed by atoms with Crippen LogP contribution in [-0.2, 0) is 9.53 Å². The predicted octanol–water partition coefficient (Wildman–Crippen LogP) is 2.50. The van der Waals surface area contributed by atoms with Crippen LogP contribution in [-0.4, -0.2) is 18.6 Å². The van der Waals surface area contributed by atoms with Crippen molar-refractivity contribution in [2.45, 2.75) is 26.4 Å². The van der Waals surface area contributed by atoms with E-state index in [1.807, 2.05) is 0 Å². The van der Waals surface area contributed by atoms with Gasteiger partial charge in [0.1, 0.15) is 11.4 Å². The molecule has 0 atom stereocenters. The molecule has 4 heteroatoms. The van der Waals surface area contributed by atoms with Gasteiger partial charge in [-0.3, -0.25) is 4.79 Å². The Kier molecular flexibility index (Phi) is 3.65. The minimum atomic E-state index is -0.977. The van der Waals surface area contributed by atoms with Crippen LogP contribution in [0.15, 0.2) is 18.2 Å². The lowest BCUT2D eigenvalue weighted by molar-refractivity contribution is -0.133. The van der Waals surface area contributed by atoms with E-state index in [0.29, 0.717) is 5.56 Å². The summed E-state index contributed by atoms with van der Waals surface area (Å²) in [5.74, 6) is -0.816. The summed E-state index contributed by atoms with van der Waals surface area (Å²) in [7, 11) is 1.44. The van der Waals surface area contributed by atoms with Gasteiger partial charge in [0.2, 0.25) is 0 Å². The Morgan fingerprint density at radius 3 is 2.56 bits per heavy atom. The molecule has 0 radical (unpaired) electrons. The van der Waals surface area contributed by atoms with Crippen molar-refractivity contribution in [2.75, 3.05) is 12.4 Å². The lowest BCUT2D eigenvalue weighted by Crippen LogP contribution is -2.39. The van der Waals surface area contributed by atoms with Crippen LogP contribution in [0.4, 0.5) is 10.1 Å². The van der Waals surface area contributed by atoms with Crippen molar-refractivity contribution >= 4 is 11.6 Å². The highest BCUT2D eigenvalue weighted by atomic mass is 19.1.